The monoisotopic (exact) mass is 459 g/mol. The van der Waals surface area contributed by atoms with Crippen LogP contribution in [0.1, 0.15) is 23.1 Å². The molecule has 0 unspecified atom stereocenters. The predicted octanol–water partition coefficient (Wildman–Crippen LogP) is 4.49. The van der Waals surface area contributed by atoms with Crippen molar-refractivity contribution in [2.24, 2.45) is 0 Å². The molecule has 0 bridgehead atoms. The molecule has 0 aliphatic heterocycles. The minimum absolute atomic E-state index is 0.0243. The second-order valence-corrected chi connectivity index (χ2v) is 7.20. The zero-order valence-corrected chi connectivity index (χ0v) is 19.5. The van der Waals surface area contributed by atoms with Gasteiger partial charge in [0.25, 0.3) is 0 Å². The second-order valence-electron chi connectivity index (χ2n) is 7.20. The summed E-state index contributed by atoms with van der Waals surface area (Å²) < 4.78 is 7.31. The number of ether oxygens (including phenoxy) is 1. The number of hydrogen-bond donors (Lipinski definition) is 3. The number of aryl methyl sites for hydroxylation is 2. The average Bonchev–Trinajstić information content (AvgIpc) is 3.19. The quantitative estimate of drug-likeness (QED) is 0.375. The Bertz CT molecular complexity index is 1230. The summed E-state index contributed by atoms with van der Waals surface area (Å²) in [6.07, 6.45) is 4.27. The van der Waals surface area contributed by atoms with Crippen molar-refractivity contribution in [3.63, 3.8) is 0 Å². The number of nitriles is 1. The molecule has 2 aromatic carbocycles. The zero-order chi connectivity index (χ0) is 24.9. The van der Waals surface area contributed by atoms with Gasteiger partial charge in [-0.05, 0) is 38.1 Å². The first kappa shape index (κ1) is 25.9. The number of aliphatic hydroxyl groups is 1. The van der Waals surface area contributed by atoms with E-state index in [4.69, 9.17) is 20.8 Å². The fraction of sp³-hybridized carbons (Fsp3) is 0.192. The van der Waals surface area contributed by atoms with E-state index < -0.39 is 0 Å². The highest BCUT2D eigenvalue weighted by Crippen LogP contribution is 2.27. The van der Waals surface area contributed by atoms with Crippen molar-refractivity contribution in [2.45, 2.75) is 20.3 Å². The molecular weight excluding hydrogens is 430 g/mol. The molecule has 2 heterocycles. The van der Waals surface area contributed by atoms with E-state index in [-0.39, 0.29) is 13.0 Å². The maximum absolute atomic E-state index is 9.24. The number of anilines is 2. The van der Waals surface area contributed by atoms with Gasteiger partial charge in [0.15, 0.2) is 0 Å². The first-order chi connectivity index (χ1) is 16.4. The van der Waals surface area contributed by atoms with Crippen molar-refractivity contribution in [1.29, 1.82) is 5.26 Å². The largest absolute Gasteiger partial charge is 0.457 e. The molecule has 4 rings (SSSR count). The van der Waals surface area contributed by atoms with Crippen LogP contribution in [0.5, 0.6) is 11.5 Å². The Morgan fingerprint density at radius 3 is 2.32 bits per heavy atom. The molecule has 8 heteroatoms. The van der Waals surface area contributed by atoms with Crippen LogP contribution in [-0.4, -0.2) is 34.7 Å². The van der Waals surface area contributed by atoms with Gasteiger partial charge in [-0.25, -0.2) is 4.52 Å². The maximum atomic E-state index is 9.24. The van der Waals surface area contributed by atoms with E-state index in [1.54, 1.807) is 4.52 Å². The molecule has 34 heavy (non-hydrogen) atoms. The van der Waals surface area contributed by atoms with Crippen LogP contribution in [0.4, 0.5) is 11.4 Å². The van der Waals surface area contributed by atoms with Crippen molar-refractivity contribution in [3.8, 4) is 17.6 Å². The van der Waals surface area contributed by atoms with E-state index in [1.807, 2.05) is 80.8 Å². The summed E-state index contributed by atoms with van der Waals surface area (Å²) in [5.74, 6) is 1.75. The van der Waals surface area contributed by atoms with Crippen LogP contribution in [0.2, 0.25) is 0 Å². The van der Waals surface area contributed by atoms with E-state index in [1.165, 1.54) is 11.8 Å². The lowest BCUT2D eigenvalue weighted by Gasteiger charge is -2.04. The van der Waals surface area contributed by atoms with Gasteiger partial charge in [-0.1, -0.05) is 35.9 Å². The molecule has 176 valence electrons. The van der Waals surface area contributed by atoms with Gasteiger partial charge >= 0.3 is 0 Å². The van der Waals surface area contributed by atoms with E-state index in [9.17, 15) is 4.79 Å². The molecule has 4 N–H and O–H groups in total. The SMILES string of the molecule is CNc1cn2ncc(C#N)c(N)c2c1C.Cc1ccc(Oc2ccccc2)cc1.O=CCCO. The third kappa shape index (κ3) is 7.08. The van der Waals surface area contributed by atoms with E-state index in [0.29, 0.717) is 17.5 Å². The van der Waals surface area contributed by atoms with Gasteiger partial charge in [-0.3, -0.25) is 0 Å². The number of para-hydroxylation sites is 1. The third-order valence-electron chi connectivity index (χ3n) is 4.73. The first-order valence-corrected chi connectivity index (χ1v) is 10.6. The number of nitrogens with two attached hydrogens (primary N) is 1. The molecule has 0 atom stereocenters. The van der Waals surface area contributed by atoms with Gasteiger partial charge in [0.2, 0.25) is 0 Å². The summed E-state index contributed by atoms with van der Waals surface area (Å²) in [7, 11) is 1.84. The lowest BCUT2D eigenvalue weighted by molar-refractivity contribution is -0.108. The molecule has 0 radical (unpaired) electrons. The molecule has 0 fully saturated rings. The average molecular weight is 460 g/mol. The second kappa shape index (κ2) is 13.3. The van der Waals surface area contributed by atoms with Gasteiger partial charge in [0.05, 0.1) is 34.8 Å². The Hall–Kier alpha value is -4.35. The number of carbonyl (C=O) groups excluding carboxylic acids is 1. The standard InChI is InChI=1S/C13H12O.C10H11N5.C3H6O2/c1-11-7-9-13(10-8-11)14-12-5-3-2-4-6-12;1-6-8(13-2)5-15-10(6)9(12)7(3-11)4-14-15;4-2-1-3-5/h2-10H,1H3;4-5,13H,12H2,1-2H3;2,5H,1,3H2. The van der Waals surface area contributed by atoms with Crippen LogP contribution in [0.25, 0.3) is 5.52 Å². The number of nitrogens with one attached hydrogen (secondary N) is 1. The van der Waals surface area contributed by atoms with Crippen LogP contribution in [-0.2, 0) is 4.79 Å². The number of aldehydes is 1. The molecular formula is C26H29N5O3. The smallest absolute Gasteiger partial charge is 0.127 e. The van der Waals surface area contributed by atoms with E-state index in [0.717, 1.165) is 28.3 Å². The molecule has 0 spiro atoms. The summed E-state index contributed by atoms with van der Waals surface area (Å²) in [6, 6.07) is 19.8. The van der Waals surface area contributed by atoms with Gasteiger partial charge in [0, 0.05) is 25.6 Å². The number of fused-ring (bicyclic) bond motifs is 1. The number of aromatic nitrogens is 2. The Morgan fingerprint density at radius 2 is 1.79 bits per heavy atom. The summed E-state index contributed by atoms with van der Waals surface area (Å²) in [4.78, 5) is 9.24. The Morgan fingerprint density at radius 1 is 1.15 bits per heavy atom. The van der Waals surface area contributed by atoms with Crippen LogP contribution in [0.15, 0.2) is 67.0 Å². The predicted molar refractivity (Wildman–Crippen MR) is 134 cm³/mol. The minimum atomic E-state index is -0.0243. The van der Waals surface area contributed by atoms with Crippen LogP contribution >= 0.6 is 0 Å². The summed E-state index contributed by atoms with van der Waals surface area (Å²) >= 11 is 0. The Balaban J connectivity index is 0.000000202. The molecule has 0 saturated heterocycles. The maximum Gasteiger partial charge on any atom is 0.127 e. The van der Waals surface area contributed by atoms with E-state index in [2.05, 4.69) is 17.3 Å². The number of hydrogen-bond acceptors (Lipinski definition) is 7. The first-order valence-electron chi connectivity index (χ1n) is 10.6. The molecule has 0 aliphatic rings. The number of aliphatic hydroxyl groups excluding tert-OH is 1. The fourth-order valence-electron chi connectivity index (χ4n) is 2.94. The lowest BCUT2D eigenvalue weighted by atomic mass is 10.2. The number of benzene rings is 2. The van der Waals surface area contributed by atoms with Crippen molar-refractivity contribution < 1.29 is 14.6 Å². The summed E-state index contributed by atoms with van der Waals surface area (Å²) in [5.41, 5.74) is 10.8. The van der Waals surface area contributed by atoms with Crippen molar-refractivity contribution in [3.05, 3.63) is 83.7 Å². The van der Waals surface area contributed by atoms with Gasteiger partial charge < -0.3 is 25.7 Å². The van der Waals surface area contributed by atoms with Crippen molar-refractivity contribution in [1.82, 2.24) is 9.61 Å². The van der Waals surface area contributed by atoms with E-state index >= 15 is 0 Å². The van der Waals surface area contributed by atoms with Crippen LogP contribution in [0.3, 0.4) is 0 Å². The third-order valence-corrected chi connectivity index (χ3v) is 4.73. The van der Waals surface area contributed by atoms with Gasteiger partial charge in [-0.15, -0.1) is 0 Å². The number of nitrogen functional groups attached to an aromatic ring is 1. The highest BCUT2D eigenvalue weighted by molar-refractivity contribution is 5.83. The minimum Gasteiger partial charge on any atom is -0.457 e. The van der Waals surface area contributed by atoms with Crippen molar-refractivity contribution in [2.75, 3.05) is 24.7 Å². The van der Waals surface area contributed by atoms with Crippen molar-refractivity contribution >= 4 is 23.2 Å². The molecule has 4 aromatic rings. The zero-order valence-electron chi connectivity index (χ0n) is 19.5. The number of rotatable bonds is 5. The Labute approximate surface area is 199 Å². The normalized spacial score (nSPS) is 9.62. The molecule has 8 nitrogen and oxygen atoms in total. The molecule has 0 aliphatic carbocycles. The molecule has 0 amide bonds. The topological polar surface area (TPSA) is 126 Å². The molecule has 0 saturated carbocycles. The Kier molecular flexibility index (Phi) is 10.1. The molecule has 2 aromatic heterocycles. The fourth-order valence-corrected chi connectivity index (χ4v) is 2.94. The summed E-state index contributed by atoms with van der Waals surface area (Å²) in [6.45, 7) is 3.98. The highest BCUT2D eigenvalue weighted by atomic mass is 16.5. The lowest BCUT2D eigenvalue weighted by Crippen LogP contribution is -1.99. The number of nitrogens with zero attached hydrogens (tertiary/aromatic N) is 3. The highest BCUT2D eigenvalue weighted by Gasteiger charge is 2.11. The van der Waals surface area contributed by atoms with Gasteiger partial charge in [-0.2, -0.15) is 10.4 Å². The van der Waals surface area contributed by atoms with Crippen LogP contribution in [0, 0.1) is 25.2 Å². The van der Waals surface area contributed by atoms with Gasteiger partial charge in [0.1, 0.15) is 23.9 Å². The van der Waals surface area contributed by atoms with Crippen LogP contribution < -0.4 is 15.8 Å². The summed E-state index contributed by atoms with van der Waals surface area (Å²) in [5, 5.41) is 23.8. The number of carbonyl (C=O) groups is 1.